The van der Waals surface area contributed by atoms with Crippen LogP contribution < -0.4 is 0 Å². The maximum Gasteiger partial charge on any atom is 0.164 e. The minimum absolute atomic E-state index is 0.576. The van der Waals surface area contributed by atoms with Gasteiger partial charge < -0.3 is 0 Å². The van der Waals surface area contributed by atoms with Crippen LogP contribution >= 0.6 is 0 Å². The van der Waals surface area contributed by atoms with Gasteiger partial charge in [0, 0.05) is 33.6 Å². The molecule has 0 aliphatic rings. The van der Waals surface area contributed by atoms with Gasteiger partial charge in [0.15, 0.2) is 17.5 Å². The molecule has 0 bridgehead atoms. The molecule has 0 aliphatic heterocycles. The lowest BCUT2D eigenvalue weighted by Crippen LogP contribution is -2.02. The van der Waals surface area contributed by atoms with Crippen molar-refractivity contribution in [2.75, 3.05) is 0 Å². The molecule has 4 nitrogen and oxygen atoms in total. The summed E-state index contributed by atoms with van der Waals surface area (Å²) >= 11 is 0. The molecule has 0 spiro atoms. The fourth-order valence-corrected chi connectivity index (χ4v) is 10.3. The van der Waals surface area contributed by atoms with E-state index in [0.717, 1.165) is 112 Å². The van der Waals surface area contributed by atoms with Crippen molar-refractivity contribution >= 4 is 11.1 Å². The fraction of sp³-hybridized carbons (Fsp3) is 0.0278. The molecule has 0 fully saturated rings. The van der Waals surface area contributed by atoms with Crippen LogP contribution in [0.1, 0.15) is 33.6 Å². The van der Waals surface area contributed by atoms with E-state index in [0.29, 0.717) is 17.5 Å². The SMILES string of the molecule is Cc1ccc(-c2cccc(-c3nc(-c4ccc(-c5c(-c6ccccc6)cc(-c6ccccc6)cc5-c5ccccc5)cc4)nc(-c4cccc(C(=C(c5ccccc5)c5ccccc5)c5ccccc5)c4)n3)c2)c(C)n1. The Labute approximate surface area is 445 Å². The summed E-state index contributed by atoms with van der Waals surface area (Å²) in [5.41, 5.74) is 22.6. The molecule has 76 heavy (non-hydrogen) atoms. The molecule has 12 aromatic rings. The van der Waals surface area contributed by atoms with E-state index in [2.05, 4.69) is 286 Å². The highest BCUT2D eigenvalue weighted by molar-refractivity contribution is 6.05. The van der Waals surface area contributed by atoms with Crippen molar-refractivity contribution in [3.8, 4) is 89.8 Å². The second-order valence-corrected chi connectivity index (χ2v) is 19.0. The number of hydrogen-bond donors (Lipinski definition) is 0. The Kier molecular flexibility index (Phi) is 13.2. The van der Waals surface area contributed by atoms with E-state index in [-0.39, 0.29) is 0 Å². The summed E-state index contributed by atoms with van der Waals surface area (Å²) in [6.07, 6.45) is 0. The molecular weight excluding hydrogens is 921 g/mol. The third-order valence-corrected chi connectivity index (χ3v) is 14.0. The van der Waals surface area contributed by atoms with Crippen molar-refractivity contribution in [2.24, 2.45) is 0 Å². The number of aryl methyl sites for hydroxylation is 2. The van der Waals surface area contributed by atoms with Gasteiger partial charge in [-0.1, -0.05) is 249 Å². The number of benzene rings is 10. The van der Waals surface area contributed by atoms with Gasteiger partial charge >= 0.3 is 0 Å². The third-order valence-electron chi connectivity index (χ3n) is 14.0. The molecule has 0 saturated heterocycles. The van der Waals surface area contributed by atoms with E-state index in [4.69, 9.17) is 19.9 Å². The maximum atomic E-state index is 5.37. The second kappa shape index (κ2) is 21.3. The number of aromatic nitrogens is 4. The Morgan fingerprint density at radius 2 is 0.618 bits per heavy atom. The van der Waals surface area contributed by atoms with E-state index in [1.54, 1.807) is 0 Å². The molecule has 0 unspecified atom stereocenters. The lowest BCUT2D eigenvalue weighted by molar-refractivity contribution is 1.07. The summed E-state index contributed by atoms with van der Waals surface area (Å²) in [4.78, 5) is 20.8. The molecule has 12 rings (SSSR count). The van der Waals surface area contributed by atoms with Crippen molar-refractivity contribution in [1.82, 2.24) is 19.9 Å². The number of hydrogen-bond acceptors (Lipinski definition) is 4. The van der Waals surface area contributed by atoms with Gasteiger partial charge in [-0.15, -0.1) is 0 Å². The predicted octanol–water partition coefficient (Wildman–Crippen LogP) is 18.2. The van der Waals surface area contributed by atoms with Gasteiger partial charge in [0.05, 0.1) is 0 Å². The lowest BCUT2D eigenvalue weighted by atomic mass is 9.84. The molecule has 0 radical (unpaired) electrons. The molecule has 360 valence electrons. The van der Waals surface area contributed by atoms with Crippen LogP contribution in [0.3, 0.4) is 0 Å². The molecule has 0 saturated carbocycles. The van der Waals surface area contributed by atoms with Crippen molar-refractivity contribution in [2.45, 2.75) is 13.8 Å². The number of nitrogens with zero attached hydrogens (tertiary/aromatic N) is 4. The largest absolute Gasteiger partial charge is 0.258 e. The first-order valence-corrected chi connectivity index (χ1v) is 25.8. The Morgan fingerprint density at radius 3 is 1.12 bits per heavy atom. The van der Waals surface area contributed by atoms with E-state index in [9.17, 15) is 0 Å². The minimum Gasteiger partial charge on any atom is -0.258 e. The first-order chi connectivity index (χ1) is 37.5. The predicted molar refractivity (Wildman–Crippen MR) is 315 cm³/mol. The molecule has 0 amide bonds. The summed E-state index contributed by atoms with van der Waals surface area (Å²) in [6.45, 7) is 4.09. The Bertz CT molecular complexity index is 3910. The van der Waals surface area contributed by atoms with Crippen molar-refractivity contribution in [1.29, 1.82) is 0 Å². The minimum atomic E-state index is 0.576. The van der Waals surface area contributed by atoms with E-state index in [1.807, 2.05) is 6.92 Å². The number of pyridine rings is 1. The lowest BCUT2D eigenvalue weighted by Gasteiger charge is -2.19. The van der Waals surface area contributed by atoms with Gasteiger partial charge in [-0.25, -0.2) is 15.0 Å². The quantitative estimate of drug-likeness (QED) is 0.115. The molecule has 2 heterocycles. The first kappa shape index (κ1) is 47.1. The zero-order chi connectivity index (χ0) is 51.2. The molecular formula is C72H52N4. The van der Waals surface area contributed by atoms with Crippen LogP contribution in [-0.2, 0) is 0 Å². The average molecular weight is 973 g/mol. The molecule has 0 aliphatic carbocycles. The summed E-state index contributed by atoms with van der Waals surface area (Å²) in [5, 5.41) is 0. The standard InChI is InChI=1S/C72H52N4/c1-49-39-44-64(50(2)73-49)59-35-21-37-61(45-59)71-74-70(75-72(76-71)62-38-22-36-60(46-62)68(56-33-19-8-20-34-56)67(54-29-15-6-16-30-54)55-31-17-7-18-32-55)58-42-40-57(41-43-58)69-65(52-25-11-4-12-26-52)47-63(51-23-9-3-10-24-51)48-66(69)53-27-13-5-14-28-53/h3-48H,1-2H3. The highest BCUT2D eigenvalue weighted by Gasteiger charge is 2.21. The van der Waals surface area contributed by atoms with Crippen LogP contribution in [0, 0.1) is 13.8 Å². The van der Waals surface area contributed by atoms with Gasteiger partial charge in [-0.05, 0) is 128 Å². The molecule has 0 atom stereocenters. The highest BCUT2D eigenvalue weighted by Crippen LogP contribution is 2.44. The Morgan fingerprint density at radius 1 is 0.237 bits per heavy atom. The van der Waals surface area contributed by atoms with E-state index in [1.165, 1.54) is 5.56 Å². The molecule has 10 aromatic carbocycles. The summed E-state index contributed by atoms with van der Waals surface area (Å²) < 4.78 is 0. The van der Waals surface area contributed by atoms with Crippen LogP contribution in [0.4, 0.5) is 0 Å². The molecule has 2 aromatic heterocycles. The maximum absolute atomic E-state index is 5.37. The van der Waals surface area contributed by atoms with Crippen molar-refractivity contribution in [3.63, 3.8) is 0 Å². The Balaban J connectivity index is 1.04. The fourth-order valence-electron chi connectivity index (χ4n) is 10.3. The van der Waals surface area contributed by atoms with Crippen LogP contribution in [-0.4, -0.2) is 19.9 Å². The Hall–Kier alpha value is -9.90. The van der Waals surface area contributed by atoms with Crippen molar-refractivity contribution < 1.29 is 0 Å². The van der Waals surface area contributed by atoms with Gasteiger partial charge in [-0.3, -0.25) is 4.98 Å². The van der Waals surface area contributed by atoms with Gasteiger partial charge in [-0.2, -0.15) is 0 Å². The van der Waals surface area contributed by atoms with Gasteiger partial charge in [0.25, 0.3) is 0 Å². The van der Waals surface area contributed by atoms with Crippen molar-refractivity contribution in [3.05, 3.63) is 313 Å². The average Bonchev–Trinajstić information content (AvgIpc) is 3.51. The first-order valence-electron chi connectivity index (χ1n) is 25.8. The molecule has 4 heteroatoms. The van der Waals surface area contributed by atoms with Crippen LogP contribution in [0.5, 0.6) is 0 Å². The van der Waals surface area contributed by atoms with Crippen LogP contribution in [0.25, 0.3) is 101 Å². The highest BCUT2D eigenvalue weighted by atomic mass is 15.0. The van der Waals surface area contributed by atoms with Crippen LogP contribution in [0.15, 0.2) is 279 Å². The monoisotopic (exact) mass is 972 g/mol. The summed E-state index contributed by atoms with van der Waals surface area (Å²) in [5.74, 6) is 1.73. The third kappa shape index (κ3) is 9.83. The summed E-state index contributed by atoms with van der Waals surface area (Å²) in [7, 11) is 0. The summed E-state index contributed by atoms with van der Waals surface area (Å²) in [6, 6.07) is 98.8. The van der Waals surface area contributed by atoms with E-state index >= 15 is 0 Å². The normalized spacial score (nSPS) is 11.0. The zero-order valence-corrected chi connectivity index (χ0v) is 42.3. The molecule has 0 N–H and O–H groups in total. The van der Waals surface area contributed by atoms with E-state index < -0.39 is 0 Å². The number of rotatable bonds is 12. The van der Waals surface area contributed by atoms with Crippen LogP contribution in [0.2, 0.25) is 0 Å². The second-order valence-electron chi connectivity index (χ2n) is 19.0. The zero-order valence-electron chi connectivity index (χ0n) is 42.3. The van der Waals surface area contributed by atoms with Gasteiger partial charge in [0.1, 0.15) is 0 Å². The topological polar surface area (TPSA) is 51.6 Å². The smallest absolute Gasteiger partial charge is 0.164 e. The van der Waals surface area contributed by atoms with Gasteiger partial charge in [0.2, 0.25) is 0 Å².